The molecule has 0 saturated heterocycles. The van der Waals surface area contributed by atoms with Crippen LogP contribution in [0.5, 0.6) is 0 Å². The number of benzene rings is 3. The van der Waals surface area contributed by atoms with Gasteiger partial charge in [0.25, 0.3) is 8.32 Å². The second-order valence-corrected chi connectivity index (χ2v) is 19.5. The summed E-state index contributed by atoms with van der Waals surface area (Å²) < 4.78 is 40.0. The fourth-order valence-electron chi connectivity index (χ4n) is 6.06. The summed E-state index contributed by atoms with van der Waals surface area (Å²) in [7, 11) is -5.85. The normalized spacial score (nSPS) is 13.2. The lowest BCUT2D eigenvalue weighted by molar-refractivity contribution is -0.138. The van der Waals surface area contributed by atoms with Gasteiger partial charge in [0.2, 0.25) is 0 Å². The van der Waals surface area contributed by atoms with Crippen molar-refractivity contribution in [2.75, 3.05) is 12.8 Å². The standard InChI is InChI=1S/C40H47FNO5PSi/c1-28(2)37-26-36(30-20-22-31(41)23-21-30)35(39(42-37)29(3)4)19-14-24-46-48(45)27-32(25-38(43)44)47-49(40(5,6)7,33-15-10-8-11-16-33)34-17-12-9-13-18-34/h8-13,15-18,20-23,26,28-29,32,48H,24-25,27H2,1-7H3,(H,43,44). The van der Waals surface area contributed by atoms with E-state index in [1.807, 2.05) is 66.7 Å². The molecule has 258 valence electrons. The van der Waals surface area contributed by atoms with Crippen LogP contribution in [0.2, 0.25) is 5.04 Å². The third-order valence-corrected chi connectivity index (χ3v) is 14.8. The molecule has 2 atom stereocenters. The fourth-order valence-corrected chi connectivity index (χ4v) is 11.9. The van der Waals surface area contributed by atoms with E-state index in [1.165, 1.54) is 12.1 Å². The van der Waals surface area contributed by atoms with Gasteiger partial charge in [-0.15, -0.1) is 0 Å². The van der Waals surface area contributed by atoms with E-state index >= 15 is 0 Å². The average molecular weight is 700 g/mol. The van der Waals surface area contributed by atoms with Crippen molar-refractivity contribution in [2.24, 2.45) is 0 Å². The zero-order chi connectivity index (χ0) is 35.8. The van der Waals surface area contributed by atoms with E-state index in [0.29, 0.717) is 5.56 Å². The van der Waals surface area contributed by atoms with E-state index in [-0.39, 0.29) is 41.9 Å². The molecule has 1 N–H and O–H groups in total. The predicted molar refractivity (Wildman–Crippen MR) is 199 cm³/mol. The molecule has 0 aliphatic carbocycles. The minimum atomic E-state index is -3.10. The van der Waals surface area contributed by atoms with Crippen LogP contribution in [0.4, 0.5) is 4.39 Å². The molecule has 2 unspecified atom stereocenters. The first-order chi connectivity index (χ1) is 23.2. The second kappa shape index (κ2) is 16.7. The Morgan fingerprint density at radius 2 is 1.49 bits per heavy atom. The molecule has 1 aromatic heterocycles. The van der Waals surface area contributed by atoms with Crippen LogP contribution in [0.3, 0.4) is 0 Å². The molecule has 0 aliphatic heterocycles. The zero-order valence-electron chi connectivity index (χ0n) is 29.4. The summed E-state index contributed by atoms with van der Waals surface area (Å²) in [5.74, 6) is 5.13. The number of halogens is 1. The first-order valence-corrected chi connectivity index (χ1v) is 20.1. The maximum Gasteiger partial charge on any atom is 0.305 e. The van der Waals surface area contributed by atoms with Crippen LogP contribution in [0.15, 0.2) is 91.0 Å². The summed E-state index contributed by atoms with van der Waals surface area (Å²) in [5.41, 5.74) is 4.13. The van der Waals surface area contributed by atoms with Crippen molar-refractivity contribution >= 4 is 32.7 Å². The van der Waals surface area contributed by atoms with E-state index in [4.69, 9.17) is 13.9 Å². The molecular weight excluding hydrogens is 652 g/mol. The quantitative estimate of drug-likeness (QED) is 0.0858. The van der Waals surface area contributed by atoms with Gasteiger partial charge >= 0.3 is 5.97 Å². The Kier molecular flexibility index (Phi) is 12.9. The molecule has 6 nitrogen and oxygen atoms in total. The minimum Gasteiger partial charge on any atom is -0.481 e. The second-order valence-electron chi connectivity index (χ2n) is 13.8. The van der Waals surface area contributed by atoms with Gasteiger partial charge in [-0.1, -0.05) is 133 Å². The van der Waals surface area contributed by atoms with Gasteiger partial charge in [0.15, 0.2) is 8.03 Å². The molecule has 4 rings (SSSR count). The van der Waals surface area contributed by atoms with Crippen LogP contribution in [0.25, 0.3) is 11.1 Å². The number of carboxylic acids is 1. The van der Waals surface area contributed by atoms with Gasteiger partial charge < -0.3 is 14.1 Å². The maximum absolute atomic E-state index is 13.8. The van der Waals surface area contributed by atoms with Crippen molar-refractivity contribution in [2.45, 2.75) is 77.9 Å². The number of aliphatic carboxylic acids is 1. The van der Waals surface area contributed by atoms with Crippen molar-refractivity contribution in [3.8, 4) is 23.0 Å². The van der Waals surface area contributed by atoms with Crippen LogP contribution in [0.1, 0.15) is 83.7 Å². The van der Waals surface area contributed by atoms with E-state index in [2.05, 4.69) is 60.3 Å². The highest BCUT2D eigenvalue weighted by Gasteiger charge is 2.51. The van der Waals surface area contributed by atoms with Gasteiger partial charge in [-0.25, -0.2) is 4.39 Å². The predicted octanol–water partition coefficient (Wildman–Crippen LogP) is 8.40. The summed E-state index contributed by atoms with van der Waals surface area (Å²) in [4.78, 5) is 17.0. The Hall–Kier alpha value is -3.86. The topological polar surface area (TPSA) is 85.7 Å². The fraction of sp³-hybridized carbons (Fsp3) is 0.350. The molecule has 0 bridgehead atoms. The van der Waals surface area contributed by atoms with Gasteiger partial charge in [0.1, 0.15) is 12.4 Å². The van der Waals surface area contributed by atoms with Gasteiger partial charge in [-0.3, -0.25) is 14.3 Å². The summed E-state index contributed by atoms with van der Waals surface area (Å²) in [5, 5.41) is 11.5. The smallest absolute Gasteiger partial charge is 0.305 e. The molecule has 1 heterocycles. The molecule has 4 aromatic rings. The summed E-state index contributed by atoms with van der Waals surface area (Å²) in [6.45, 7) is 14.5. The zero-order valence-corrected chi connectivity index (χ0v) is 31.4. The first kappa shape index (κ1) is 37.9. The highest BCUT2D eigenvalue weighted by molar-refractivity contribution is 7.39. The van der Waals surface area contributed by atoms with E-state index in [9.17, 15) is 18.9 Å². The SMILES string of the molecule is CC(C)c1cc(-c2ccc(F)cc2)c(C#CCO[PH](=O)CC(CC(=O)O)O[Si](c2ccccc2)(c2ccccc2)C(C)(C)C)c(C(C)C)n1. The Morgan fingerprint density at radius 1 is 0.918 bits per heavy atom. The largest absolute Gasteiger partial charge is 0.481 e. The summed E-state index contributed by atoms with van der Waals surface area (Å²) >= 11 is 0. The molecule has 0 radical (unpaired) electrons. The molecule has 0 fully saturated rings. The average Bonchev–Trinajstić information content (AvgIpc) is 3.05. The number of hydrogen-bond acceptors (Lipinski definition) is 5. The molecule has 0 amide bonds. The van der Waals surface area contributed by atoms with Crippen LogP contribution in [-0.2, 0) is 18.3 Å². The highest BCUT2D eigenvalue weighted by atomic mass is 31.1. The number of rotatable bonds is 13. The lowest BCUT2D eigenvalue weighted by Gasteiger charge is -2.45. The molecule has 9 heteroatoms. The van der Waals surface area contributed by atoms with E-state index in [1.54, 1.807) is 12.1 Å². The van der Waals surface area contributed by atoms with E-state index < -0.39 is 28.4 Å². The lowest BCUT2D eigenvalue weighted by Crippen LogP contribution is -2.68. The molecular formula is C40H47FNO5PSi. The van der Waals surface area contributed by atoms with Crippen LogP contribution in [-0.4, -0.2) is 43.2 Å². The van der Waals surface area contributed by atoms with Crippen molar-refractivity contribution in [1.82, 2.24) is 4.98 Å². The Balaban J connectivity index is 1.63. The molecule has 0 aliphatic rings. The molecule has 0 saturated carbocycles. The van der Waals surface area contributed by atoms with Crippen LogP contribution < -0.4 is 10.4 Å². The number of carbonyl (C=O) groups is 1. The molecule has 0 spiro atoms. The van der Waals surface area contributed by atoms with Gasteiger partial charge in [-0.2, -0.15) is 0 Å². The Labute approximate surface area is 292 Å². The van der Waals surface area contributed by atoms with Gasteiger partial charge in [0.05, 0.1) is 23.8 Å². The Morgan fingerprint density at radius 3 is 1.98 bits per heavy atom. The highest BCUT2D eigenvalue weighted by Crippen LogP contribution is 2.39. The Bertz CT molecular complexity index is 1760. The van der Waals surface area contributed by atoms with Crippen LogP contribution in [0, 0.1) is 17.7 Å². The number of aromatic nitrogens is 1. The van der Waals surface area contributed by atoms with Crippen LogP contribution >= 0.6 is 8.03 Å². The van der Waals surface area contributed by atoms with Crippen molar-refractivity contribution in [3.05, 3.63) is 114 Å². The number of carboxylic acid groups (broad SMARTS) is 1. The lowest BCUT2D eigenvalue weighted by atomic mass is 9.92. The van der Waals surface area contributed by atoms with Crippen molar-refractivity contribution < 1.29 is 27.8 Å². The minimum absolute atomic E-state index is 0.0636. The van der Waals surface area contributed by atoms with Crippen molar-refractivity contribution in [1.29, 1.82) is 0 Å². The van der Waals surface area contributed by atoms with Gasteiger partial charge in [-0.05, 0) is 51.0 Å². The van der Waals surface area contributed by atoms with E-state index in [0.717, 1.165) is 32.9 Å². The van der Waals surface area contributed by atoms with Gasteiger partial charge in [0, 0.05) is 17.4 Å². The first-order valence-electron chi connectivity index (χ1n) is 16.7. The maximum atomic E-state index is 13.8. The number of hydrogen-bond donors (Lipinski definition) is 1. The third-order valence-electron chi connectivity index (χ3n) is 8.44. The molecule has 49 heavy (non-hydrogen) atoms. The monoisotopic (exact) mass is 699 g/mol. The summed E-state index contributed by atoms with van der Waals surface area (Å²) in [6.07, 6.45) is -1.23. The summed E-state index contributed by atoms with van der Waals surface area (Å²) in [6, 6.07) is 28.2. The van der Waals surface area contributed by atoms with Crippen molar-refractivity contribution in [3.63, 3.8) is 0 Å². The number of nitrogens with zero attached hydrogens (tertiary/aromatic N) is 1. The number of pyridine rings is 1. The third kappa shape index (κ3) is 9.43. The molecule has 3 aromatic carbocycles.